The lowest BCUT2D eigenvalue weighted by Crippen LogP contribution is -2.08. The van der Waals surface area contributed by atoms with Gasteiger partial charge in [0.1, 0.15) is 23.5 Å². The lowest BCUT2D eigenvalue weighted by atomic mass is 10.1. The second kappa shape index (κ2) is 7.60. The summed E-state index contributed by atoms with van der Waals surface area (Å²) in [6.45, 7) is 0.433. The zero-order chi connectivity index (χ0) is 18.6. The molecular formula is C22H19FN2O2. The number of methoxy groups -OCH3 is 1. The van der Waals surface area contributed by atoms with Gasteiger partial charge in [0.05, 0.1) is 24.8 Å². The first-order valence-electron chi connectivity index (χ1n) is 8.67. The van der Waals surface area contributed by atoms with E-state index >= 15 is 0 Å². The predicted molar refractivity (Wildman–Crippen MR) is 102 cm³/mol. The van der Waals surface area contributed by atoms with E-state index in [1.54, 1.807) is 13.2 Å². The Morgan fingerprint density at radius 2 is 1.78 bits per heavy atom. The number of ether oxygens (including phenoxy) is 2. The van der Waals surface area contributed by atoms with E-state index in [4.69, 9.17) is 9.47 Å². The fraction of sp³-hybridized carbons (Fsp3) is 0.136. The predicted octanol–water partition coefficient (Wildman–Crippen LogP) is 5.02. The number of nitrogens with zero attached hydrogens (tertiary/aromatic N) is 1. The number of fused-ring (bicyclic) bond motifs is 1. The van der Waals surface area contributed by atoms with Crippen molar-refractivity contribution in [3.63, 3.8) is 0 Å². The molecule has 0 radical (unpaired) electrons. The number of hydrogen-bond acceptors (Lipinski definition) is 3. The van der Waals surface area contributed by atoms with Gasteiger partial charge in [-0.2, -0.15) is 0 Å². The first kappa shape index (κ1) is 17.2. The molecule has 27 heavy (non-hydrogen) atoms. The molecule has 0 saturated carbocycles. The largest absolute Gasteiger partial charge is 0.497 e. The molecule has 1 N–H and O–H groups in total. The SMILES string of the molecule is COc1ccc(C(OCc2ccccc2)c2nc3cc(F)ccc3[nH]2)cc1. The maximum Gasteiger partial charge on any atom is 0.141 e. The van der Waals surface area contributed by atoms with Crippen LogP contribution in [0.1, 0.15) is 23.1 Å². The van der Waals surface area contributed by atoms with Crippen molar-refractivity contribution in [2.75, 3.05) is 7.11 Å². The van der Waals surface area contributed by atoms with E-state index in [1.807, 2.05) is 54.6 Å². The molecule has 4 nitrogen and oxygen atoms in total. The molecule has 4 aromatic rings. The minimum absolute atomic E-state index is 0.313. The number of hydrogen-bond donors (Lipinski definition) is 1. The standard InChI is InChI=1S/C22H19FN2O2/c1-26-18-10-7-16(8-11-18)21(27-14-15-5-3-2-4-6-15)22-24-19-12-9-17(23)13-20(19)25-22/h2-13,21H,14H2,1H3,(H,24,25). The molecule has 0 saturated heterocycles. The molecule has 4 rings (SSSR count). The molecule has 1 unspecified atom stereocenters. The van der Waals surface area contributed by atoms with Gasteiger partial charge in [-0.05, 0) is 35.4 Å². The number of aromatic amines is 1. The van der Waals surface area contributed by atoms with Crippen LogP contribution >= 0.6 is 0 Å². The highest BCUT2D eigenvalue weighted by molar-refractivity contribution is 5.75. The highest BCUT2D eigenvalue weighted by Crippen LogP contribution is 2.28. The molecule has 1 atom stereocenters. The van der Waals surface area contributed by atoms with Crippen LogP contribution in [0.5, 0.6) is 5.75 Å². The maximum atomic E-state index is 13.5. The molecular weight excluding hydrogens is 343 g/mol. The number of H-pyrrole nitrogens is 1. The highest BCUT2D eigenvalue weighted by Gasteiger charge is 2.19. The van der Waals surface area contributed by atoms with Crippen molar-refractivity contribution in [3.8, 4) is 5.75 Å². The minimum Gasteiger partial charge on any atom is -0.497 e. The Morgan fingerprint density at radius 1 is 1.00 bits per heavy atom. The number of benzene rings is 3. The van der Waals surface area contributed by atoms with Crippen molar-refractivity contribution in [2.45, 2.75) is 12.7 Å². The van der Waals surface area contributed by atoms with Gasteiger partial charge in [-0.1, -0.05) is 42.5 Å². The van der Waals surface area contributed by atoms with E-state index in [0.717, 1.165) is 22.4 Å². The molecule has 0 aliphatic rings. The molecule has 0 spiro atoms. The van der Waals surface area contributed by atoms with Crippen molar-refractivity contribution in [3.05, 3.63) is 95.6 Å². The van der Waals surface area contributed by atoms with E-state index in [0.29, 0.717) is 17.9 Å². The minimum atomic E-state index is -0.411. The Hall–Kier alpha value is -3.18. The van der Waals surface area contributed by atoms with Crippen molar-refractivity contribution in [1.29, 1.82) is 0 Å². The van der Waals surface area contributed by atoms with Crippen LogP contribution in [-0.2, 0) is 11.3 Å². The first-order chi connectivity index (χ1) is 13.2. The molecule has 0 aliphatic carbocycles. The smallest absolute Gasteiger partial charge is 0.141 e. The Bertz CT molecular complexity index is 1030. The normalized spacial score (nSPS) is 12.2. The Morgan fingerprint density at radius 3 is 2.52 bits per heavy atom. The van der Waals surface area contributed by atoms with Crippen LogP contribution in [0.2, 0.25) is 0 Å². The molecule has 0 bridgehead atoms. The number of aromatic nitrogens is 2. The van der Waals surface area contributed by atoms with Gasteiger partial charge in [0, 0.05) is 6.07 Å². The van der Waals surface area contributed by atoms with Crippen LogP contribution in [0.15, 0.2) is 72.8 Å². The summed E-state index contributed by atoms with van der Waals surface area (Å²) in [6.07, 6.45) is -0.411. The molecule has 0 fully saturated rings. The van der Waals surface area contributed by atoms with Gasteiger partial charge < -0.3 is 14.5 Å². The quantitative estimate of drug-likeness (QED) is 0.524. The fourth-order valence-electron chi connectivity index (χ4n) is 2.99. The van der Waals surface area contributed by atoms with Crippen LogP contribution < -0.4 is 4.74 Å². The zero-order valence-electron chi connectivity index (χ0n) is 14.9. The molecule has 1 heterocycles. The van der Waals surface area contributed by atoms with Gasteiger partial charge in [0.15, 0.2) is 0 Å². The van der Waals surface area contributed by atoms with Crippen molar-refractivity contribution >= 4 is 11.0 Å². The number of nitrogens with one attached hydrogen (secondary N) is 1. The third-order valence-electron chi connectivity index (χ3n) is 4.39. The van der Waals surface area contributed by atoms with Gasteiger partial charge in [0.25, 0.3) is 0 Å². The second-order valence-electron chi connectivity index (χ2n) is 6.23. The summed E-state index contributed by atoms with van der Waals surface area (Å²) in [7, 11) is 1.63. The van der Waals surface area contributed by atoms with E-state index < -0.39 is 6.10 Å². The molecule has 1 aromatic heterocycles. The van der Waals surface area contributed by atoms with Crippen molar-refractivity contribution in [2.24, 2.45) is 0 Å². The van der Waals surface area contributed by atoms with Gasteiger partial charge >= 0.3 is 0 Å². The van der Waals surface area contributed by atoms with Crippen LogP contribution in [0, 0.1) is 5.82 Å². The van der Waals surface area contributed by atoms with E-state index in [9.17, 15) is 4.39 Å². The Balaban J connectivity index is 1.68. The van der Waals surface area contributed by atoms with Crippen LogP contribution in [0.4, 0.5) is 4.39 Å². The number of halogens is 1. The van der Waals surface area contributed by atoms with Gasteiger partial charge in [-0.25, -0.2) is 9.37 Å². The van der Waals surface area contributed by atoms with Gasteiger partial charge in [0.2, 0.25) is 0 Å². The molecule has 0 aliphatic heterocycles. The Kier molecular flexibility index (Phi) is 4.85. The summed E-state index contributed by atoms with van der Waals surface area (Å²) in [5, 5.41) is 0. The van der Waals surface area contributed by atoms with Gasteiger partial charge in [-0.3, -0.25) is 0 Å². The lowest BCUT2D eigenvalue weighted by molar-refractivity contribution is 0.0617. The molecule has 5 heteroatoms. The average Bonchev–Trinajstić information content (AvgIpc) is 3.12. The molecule has 3 aromatic carbocycles. The van der Waals surface area contributed by atoms with Crippen LogP contribution in [0.25, 0.3) is 11.0 Å². The van der Waals surface area contributed by atoms with Crippen LogP contribution in [0.3, 0.4) is 0 Å². The summed E-state index contributed by atoms with van der Waals surface area (Å²) in [6, 6.07) is 22.1. The monoisotopic (exact) mass is 362 g/mol. The summed E-state index contributed by atoms with van der Waals surface area (Å²) in [4.78, 5) is 7.81. The highest BCUT2D eigenvalue weighted by atomic mass is 19.1. The number of imidazole rings is 1. The zero-order valence-corrected chi connectivity index (χ0v) is 14.9. The molecule has 0 amide bonds. The lowest BCUT2D eigenvalue weighted by Gasteiger charge is -2.17. The third-order valence-corrected chi connectivity index (χ3v) is 4.39. The van der Waals surface area contributed by atoms with Crippen LogP contribution in [-0.4, -0.2) is 17.1 Å². The first-order valence-corrected chi connectivity index (χ1v) is 8.67. The summed E-state index contributed by atoms with van der Waals surface area (Å²) >= 11 is 0. The second-order valence-corrected chi connectivity index (χ2v) is 6.23. The summed E-state index contributed by atoms with van der Waals surface area (Å²) in [5.41, 5.74) is 3.35. The van der Waals surface area contributed by atoms with Gasteiger partial charge in [-0.15, -0.1) is 0 Å². The van der Waals surface area contributed by atoms with Crippen molar-refractivity contribution in [1.82, 2.24) is 9.97 Å². The van der Waals surface area contributed by atoms with E-state index in [2.05, 4.69) is 9.97 Å². The molecule has 136 valence electrons. The number of rotatable bonds is 6. The fourth-order valence-corrected chi connectivity index (χ4v) is 2.99. The van der Waals surface area contributed by atoms with E-state index in [-0.39, 0.29) is 5.82 Å². The Labute approximate surface area is 156 Å². The summed E-state index contributed by atoms with van der Waals surface area (Å²) < 4.78 is 25.0. The topological polar surface area (TPSA) is 47.1 Å². The maximum absolute atomic E-state index is 13.5. The van der Waals surface area contributed by atoms with Crippen molar-refractivity contribution < 1.29 is 13.9 Å². The van der Waals surface area contributed by atoms with E-state index in [1.165, 1.54) is 12.1 Å². The average molecular weight is 362 g/mol. The summed E-state index contributed by atoms with van der Waals surface area (Å²) in [5.74, 6) is 1.09. The third kappa shape index (κ3) is 3.83.